The number of hydrogen-bond acceptors (Lipinski definition) is 5. The molecule has 4 rings (SSSR count). The summed E-state index contributed by atoms with van der Waals surface area (Å²) < 4.78 is 25.7. The SMILES string of the molecule is Cl.NCCc1ccc(Oc2ccc(F)c(C(=O)N3CCCC4(CNC(=O)O4)C3)c2)cc1. The molecule has 31 heavy (non-hydrogen) atoms. The Hall–Kier alpha value is -2.84. The van der Waals surface area contributed by atoms with Gasteiger partial charge >= 0.3 is 6.09 Å². The highest BCUT2D eigenvalue weighted by molar-refractivity contribution is 5.95. The van der Waals surface area contributed by atoms with Gasteiger partial charge in [-0.3, -0.25) is 4.79 Å². The van der Waals surface area contributed by atoms with Gasteiger partial charge in [0, 0.05) is 6.54 Å². The van der Waals surface area contributed by atoms with Crippen LogP contribution in [0.5, 0.6) is 11.5 Å². The molecule has 1 atom stereocenters. The molecular formula is C22H25ClFN3O4. The molecule has 2 fully saturated rings. The summed E-state index contributed by atoms with van der Waals surface area (Å²) in [6.07, 6.45) is 1.63. The molecule has 2 heterocycles. The fourth-order valence-electron chi connectivity index (χ4n) is 3.93. The first-order valence-electron chi connectivity index (χ1n) is 10.0. The number of alkyl carbamates (subject to hydrolysis) is 1. The lowest BCUT2D eigenvalue weighted by Crippen LogP contribution is -2.52. The highest BCUT2D eigenvalue weighted by Crippen LogP contribution is 2.30. The zero-order valence-electron chi connectivity index (χ0n) is 16.9. The van der Waals surface area contributed by atoms with E-state index in [0.29, 0.717) is 44.0 Å². The number of nitrogens with one attached hydrogen (secondary N) is 1. The van der Waals surface area contributed by atoms with Crippen molar-refractivity contribution in [1.82, 2.24) is 10.2 Å². The molecule has 3 N–H and O–H groups in total. The van der Waals surface area contributed by atoms with Crippen LogP contribution in [0.1, 0.15) is 28.8 Å². The predicted molar refractivity (Wildman–Crippen MR) is 115 cm³/mol. The molecule has 0 radical (unpaired) electrons. The molecule has 0 bridgehead atoms. The van der Waals surface area contributed by atoms with Crippen molar-refractivity contribution in [3.05, 3.63) is 59.4 Å². The lowest BCUT2D eigenvalue weighted by atomic mass is 9.92. The van der Waals surface area contributed by atoms with Gasteiger partial charge in [-0.2, -0.15) is 0 Å². The Labute approximate surface area is 186 Å². The summed E-state index contributed by atoms with van der Waals surface area (Å²) in [6, 6.07) is 11.6. The lowest BCUT2D eigenvalue weighted by Gasteiger charge is -2.38. The minimum Gasteiger partial charge on any atom is -0.457 e. The summed E-state index contributed by atoms with van der Waals surface area (Å²) in [5.41, 5.74) is 5.85. The molecule has 0 aromatic heterocycles. The number of piperidine rings is 1. The standard InChI is InChI=1S/C22H24FN3O4.ClH/c23-19-7-6-17(29-16-4-2-15(3-5-16)8-10-24)12-18(19)20(27)26-11-1-9-22(14-26)13-25-21(28)30-22;/h2-7,12H,1,8-11,13-14,24H2,(H,25,28);1H. The number of amides is 2. The highest BCUT2D eigenvalue weighted by atomic mass is 35.5. The van der Waals surface area contributed by atoms with Gasteiger partial charge in [-0.25, -0.2) is 9.18 Å². The molecule has 2 aliphatic heterocycles. The number of hydrogen-bond donors (Lipinski definition) is 2. The number of carbonyl (C=O) groups is 2. The van der Waals surface area contributed by atoms with Crippen LogP contribution in [0, 0.1) is 5.82 Å². The maximum atomic E-state index is 14.5. The van der Waals surface area contributed by atoms with Crippen LogP contribution in [0.2, 0.25) is 0 Å². The van der Waals surface area contributed by atoms with Gasteiger partial charge in [0.25, 0.3) is 5.91 Å². The zero-order chi connectivity index (χ0) is 21.1. The summed E-state index contributed by atoms with van der Waals surface area (Å²) >= 11 is 0. The second kappa shape index (κ2) is 9.53. The smallest absolute Gasteiger partial charge is 0.407 e. The number of halogens is 2. The van der Waals surface area contributed by atoms with Gasteiger partial charge in [0.1, 0.15) is 22.9 Å². The third-order valence-corrected chi connectivity index (χ3v) is 5.45. The second-order valence-corrected chi connectivity index (χ2v) is 7.68. The topological polar surface area (TPSA) is 93.9 Å². The van der Waals surface area contributed by atoms with E-state index >= 15 is 0 Å². The normalized spacial score (nSPS) is 20.1. The third-order valence-electron chi connectivity index (χ3n) is 5.45. The van der Waals surface area contributed by atoms with E-state index in [2.05, 4.69) is 5.32 Å². The van der Waals surface area contributed by atoms with Crippen molar-refractivity contribution in [2.45, 2.75) is 24.9 Å². The molecular weight excluding hydrogens is 425 g/mol. The van der Waals surface area contributed by atoms with Crippen LogP contribution in [0.4, 0.5) is 9.18 Å². The number of ether oxygens (including phenoxy) is 2. The minimum absolute atomic E-state index is 0. The summed E-state index contributed by atoms with van der Waals surface area (Å²) in [5.74, 6) is -0.112. The molecule has 7 nitrogen and oxygen atoms in total. The highest BCUT2D eigenvalue weighted by Gasteiger charge is 2.45. The van der Waals surface area contributed by atoms with Crippen LogP contribution < -0.4 is 15.8 Å². The molecule has 2 aromatic carbocycles. The Balaban J connectivity index is 0.00000272. The quantitative estimate of drug-likeness (QED) is 0.730. The fourth-order valence-corrected chi connectivity index (χ4v) is 3.93. The Morgan fingerprint density at radius 2 is 1.97 bits per heavy atom. The number of likely N-dealkylation sites (tertiary alicyclic amines) is 1. The molecule has 2 amide bonds. The van der Waals surface area contributed by atoms with Crippen molar-refractivity contribution < 1.29 is 23.5 Å². The molecule has 9 heteroatoms. The molecule has 2 aliphatic rings. The van der Waals surface area contributed by atoms with Crippen LogP contribution >= 0.6 is 12.4 Å². The van der Waals surface area contributed by atoms with Crippen LogP contribution in [0.25, 0.3) is 0 Å². The molecule has 0 aliphatic carbocycles. The molecule has 166 valence electrons. The maximum absolute atomic E-state index is 14.5. The number of rotatable bonds is 5. The van der Waals surface area contributed by atoms with Gasteiger partial charge in [0.2, 0.25) is 0 Å². The first kappa shape index (κ1) is 22.8. The Kier molecular flexibility index (Phi) is 7.02. The Morgan fingerprint density at radius 3 is 2.65 bits per heavy atom. The van der Waals surface area contributed by atoms with Crippen molar-refractivity contribution in [2.75, 3.05) is 26.2 Å². The van der Waals surface area contributed by atoms with Crippen LogP contribution in [-0.4, -0.2) is 48.7 Å². The minimum atomic E-state index is -0.735. The lowest BCUT2D eigenvalue weighted by molar-refractivity contribution is -0.00520. The third kappa shape index (κ3) is 5.08. The van der Waals surface area contributed by atoms with E-state index in [9.17, 15) is 14.0 Å². The molecule has 0 saturated carbocycles. The number of carbonyl (C=O) groups excluding carboxylic acids is 2. The summed E-state index contributed by atoms with van der Waals surface area (Å²) in [7, 11) is 0. The van der Waals surface area contributed by atoms with E-state index in [-0.39, 0.29) is 24.5 Å². The molecule has 2 aromatic rings. The van der Waals surface area contributed by atoms with Crippen LogP contribution in [0.3, 0.4) is 0 Å². The van der Waals surface area contributed by atoms with Gasteiger partial charge < -0.3 is 25.4 Å². The molecule has 1 unspecified atom stereocenters. The van der Waals surface area contributed by atoms with E-state index in [1.807, 2.05) is 24.3 Å². The van der Waals surface area contributed by atoms with E-state index in [1.54, 1.807) is 0 Å². The van der Waals surface area contributed by atoms with E-state index in [4.69, 9.17) is 15.2 Å². The fraction of sp³-hybridized carbons (Fsp3) is 0.364. The van der Waals surface area contributed by atoms with Gasteiger partial charge in [0.05, 0.1) is 18.7 Å². The van der Waals surface area contributed by atoms with E-state index < -0.39 is 23.4 Å². The summed E-state index contributed by atoms with van der Waals surface area (Å²) in [5, 5.41) is 2.64. The summed E-state index contributed by atoms with van der Waals surface area (Å²) in [4.78, 5) is 26.0. The Bertz CT molecular complexity index is 956. The summed E-state index contributed by atoms with van der Waals surface area (Å²) in [6.45, 7) is 1.63. The monoisotopic (exact) mass is 449 g/mol. The van der Waals surface area contributed by atoms with Crippen LogP contribution in [0.15, 0.2) is 42.5 Å². The van der Waals surface area contributed by atoms with Crippen molar-refractivity contribution in [3.63, 3.8) is 0 Å². The van der Waals surface area contributed by atoms with Gasteiger partial charge in [-0.1, -0.05) is 12.1 Å². The van der Waals surface area contributed by atoms with E-state index in [1.165, 1.54) is 23.1 Å². The first-order valence-corrected chi connectivity index (χ1v) is 10.0. The molecule has 2 saturated heterocycles. The second-order valence-electron chi connectivity index (χ2n) is 7.68. The number of benzene rings is 2. The van der Waals surface area contributed by atoms with E-state index in [0.717, 1.165) is 12.0 Å². The average molecular weight is 450 g/mol. The van der Waals surface area contributed by atoms with Crippen molar-refractivity contribution in [1.29, 1.82) is 0 Å². The maximum Gasteiger partial charge on any atom is 0.407 e. The van der Waals surface area contributed by atoms with Crippen molar-refractivity contribution in [3.8, 4) is 11.5 Å². The number of nitrogens with zero attached hydrogens (tertiary/aromatic N) is 1. The molecule has 1 spiro atoms. The average Bonchev–Trinajstić information content (AvgIpc) is 3.10. The number of nitrogens with two attached hydrogens (primary N) is 1. The first-order chi connectivity index (χ1) is 14.5. The Morgan fingerprint density at radius 1 is 1.23 bits per heavy atom. The van der Waals surface area contributed by atoms with Gasteiger partial charge in [0.15, 0.2) is 0 Å². The zero-order valence-corrected chi connectivity index (χ0v) is 17.8. The van der Waals surface area contributed by atoms with Crippen molar-refractivity contribution in [2.24, 2.45) is 5.73 Å². The largest absolute Gasteiger partial charge is 0.457 e. The predicted octanol–water partition coefficient (Wildman–Crippen LogP) is 3.26. The van der Waals surface area contributed by atoms with Gasteiger partial charge in [-0.05, 0) is 61.7 Å². The van der Waals surface area contributed by atoms with Gasteiger partial charge in [-0.15, -0.1) is 12.4 Å². The van der Waals surface area contributed by atoms with Crippen molar-refractivity contribution >= 4 is 24.4 Å². The van der Waals surface area contributed by atoms with Crippen LogP contribution in [-0.2, 0) is 11.2 Å².